The van der Waals surface area contributed by atoms with Crippen LogP contribution in [0.3, 0.4) is 0 Å². The second-order valence-corrected chi connectivity index (χ2v) is 14.5. The molecule has 0 atom stereocenters. The molecular weight excluding hydrogens is 721 g/mol. The molecule has 6 aromatic carbocycles. The molecule has 0 bridgehead atoms. The standard InChI is InChI=1S/C42H26N4O6S2/c47-37(25-11-21-33-35(23-25)41(51)45(39(33)49)29-7-3-1-4-8-29)43-27-13-17-31(18-14-27)53-54-32-19-15-28(16-20-32)44-38(48)26-12-22-34-36(24-26)42(52)46(40(34)50)30-9-5-2-6-10-30/h1-24H,(H,43,47)(H,44,48). The monoisotopic (exact) mass is 746 g/mol. The molecule has 8 rings (SSSR count). The summed E-state index contributed by atoms with van der Waals surface area (Å²) in [5.74, 6) is -2.62. The molecule has 12 heteroatoms. The molecular formula is C42H26N4O6S2. The molecule has 0 saturated heterocycles. The van der Waals surface area contributed by atoms with Gasteiger partial charge in [0.05, 0.1) is 33.6 Å². The van der Waals surface area contributed by atoms with Crippen LogP contribution in [0.5, 0.6) is 0 Å². The van der Waals surface area contributed by atoms with Gasteiger partial charge < -0.3 is 10.6 Å². The average Bonchev–Trinajstić information content (AvgIpc) is 3.61. The molecule has 0 fully saturated rings. The van der Waals surface area contributed by atoms with Crippen LogP contribution in [0, 0.1) is 0 Å². The number of hydrogen-bond acceptors (Lipinski definition) is 8. The van der Waals surface area contributed by atoms with Crippen LogP contribution >= 0.6 is 21.6 Å². The molecule has 0 spiro atoms. The summed E-state index contributed by atoms with van der Waals surface area (Å²) in [6.45, 7) is 0. The number of carbonyl (C=O) groups is 6. The number of nitrogens with zero attached hydrogens (tertiary/aromatic N) is 2. The number of hydrogen-bond donors (Lipinski definition) is 2. The Morgan fingerprint density at radius 3 is 1.13 bits per heavy atom. The number of fused-ring (bicyclic) bond motifs is 2. The van der Waals surface area contributed by atoms with Gasteiger partial charge in [0.25, 0.3) is 35.4 Å². The lowest BCUT2D eigenvalue weighted by molar-refractivity contribution is 0.0910. The lowest BCUT2D eigenvalue weighted by Gasteiger charge is -2.13. The van der Waals surface area contributed by atoms with Crippen LogP contribution in [0.25, 0.3) is 0 Å². The minimum atomic E-state index is -0.474. The third kappa shape index (κ3) is 6.55. The van der Waals surface area contributed by atoms with Gasteiger partial charge in [-0.2, -0.15) is 0 Å². The fourth-order valence-corrected chi connectivity index (χ4v) is 8.01. The SMILES string of the molecule is O=C(Nc1ccc(SSc2ccc(NC(=O)c3ccc4c(c3)C(=O)N(c3ccccc3)C4=O)cc2)cc1)c1ccc2c(c1)C(=O)N(c1ccccc1)C2=O. The number of anilines is 4. The first-order valence-corrected chi connectivity index (χ1v) is 18.7. The summed E-state index contributed by atoms with van der Waals surface area (Å²) in [6.07, 6.45) is 0. The van der Waals surface area contributed by atoms with Crippen LogP contribution < -0.4 is 20.4 Å². The van der Waals surface area contributed by atoms with Crippen molar-refractivity contribution < 1.29 is 28.8 Å². The van der Waals surface area contributed by atoms with Gasteiger partial charge in [0.1, 0.15) is 0 Å². The smallest absolute Gasteiger partial charge is 0.266 e. The van der Waals surface area contributed by atoms with Gasteiger partial charge >= 0.3 is 0 Å². The van der Waals surface area contributed by atoms with Crippen molar-refractivity contribution in [1.82, 2.24) is 0 Å². The number of amides is 6. The van der Waals surface area contributed by atoms with E-state index >= 15 is 0 Å². The minimum absolute atomic E-state index is 0.183. The molecule has 54 heavy (non-hydrogen) atoms. The Bertz CT molecular complexity index is 2330. The van der Waals surface area contributed by atoms with Gasteiger partial charge in [0.15, 0.2) is 0 Å². The van der Waals surface area contributed by atoms with Crippen LogP contribution in [0.2, 0.25) is 0 Å². The first-order valence-electron chi connectivity index (χ1n) is 16.6. The molecule has 0 unspecified atom stereocenters. The van der Waals surface area contributed by atoms with Crippen LogP contribution in [0.15, 0.2) is 155 Å². The maximum Gasteiger partial charge on any atom is 0.266 e. The largest absolute Gasteiger partial charge is 0.322 e. The Morgan fingerprint density at radius 2 is 0.759 bits per heavy atom. The Morgan fingerprint density at radius 1 is 0.407 bits per heavy atom. The summed E-state index contributed by atoms with van der Waals surface area (Å²) in [6, 6.07) is 40.9. The zero-order chi connectivity index (χ0) is 37.3. The molecule has 0 aromatic heterocycles. The van der Waals surface area contributed by atoms with E-state index in [1.807, 2.05) is 24.3 Å². The minimum Gasteiger partial charge on any atom is -0.322 e. The van der Waals surface area contributed by atoms with Gasteiger partial charge in [-0.3, -0.25) is 28.8 Å². The second kappa shape index (κ2) is 14.3. The zero-order valence-electron chi connectivity index (χ0n) is 28.0. The molecule has 0 aliphatic carbocycles. The Hall–Kier alpha value is -6.76. The lowest BCUT2D eigenvalue weighted by Crippen LogP contribution is -2.29. The fraction of sp³-hybridized carbons (Fsp3) is 0. The molecule has 2 N–H and O–H groups in total. The van der Waals surface area contributed by atoms with E-state index < -0.39 is 35.4 Å². The van der Waals surface area contributed by atoms with Gasteiger partial charge in [-0.25, -0.2) is 9.80 Å². The predicted octanol–water partition coefficient (Wildman–Crippen LogP) is 8.59. The number of carbonyl (C=O) groups excluding carboxylic acids is 6. The van der Waals surface area contributed by atoms with Crippen molar-refractivity contribution in [3.8, 4) is 0 Å². The molecule has 2 heterocycles. The van der Waals surface area contributed by atoms with Crippen LogP contribution in [0.4, 0.5) is 22.7 Å². The highest BCUT2D eigenvalue weighted by Gasteiger charge is 2.38. The molecule has 0 radical (unpaired) electrons. The Kier molecular flexibility index (Phi) is 9.12. The third-order valence-electron chi connectivity index (χ3n) is 8.78. The summed E-state index contributed by atoms with van der Waals surface area (Å²) < 4.78 is 0. The summed E-state index contributed by atoms with van der Waals surface area (Å²) in [5, 5.41) is 5.69. The van der Waals surface area contributed by atoms with E-state index in [9.17, 15) is 28.8 Å². The summed E-state index contributed by atoms with van der Waals surface area (Å²) in [4.78, 5) is 82.2. The molecule has 6 aromatic rings. The van der Waals surface area contributed by atoms with Crippen molar-refractivity contribution in [3.63, 3.8) is 0 Å². The van der Waals surface area contributed by atoms with Crippen molar-refractivity contribution in [2.75, 3.05) is 20.4 Å². The third-order valence-corrected chi connectivity index (χ3v) is 11.2. The Balaban J connectivity index is 0.846. The second-order valence-electron chi connectivity index (χ2n) is 12.2. The number of benzene rings is 6. The molecule has 6 amide bonds. The first-order chi connectivity index (χ1) is 26.2. The van der Waals surface area contributed by atoms with Crippen molar-refractivity contribution >= 4 is 79.8 Å². The maximum atomic E-state index is 13.1. The highest BCUT2D eigenvalue weighted by Crippen LogP contribution is 2.38. The number of para-hydroxylation sites is 2. The van der Waals surface area contributed by atoms with Crippen molar-refractivity contribution in [3.05, 3.63) is 179 Å². The van der Waals surface area contributed by atoms with Crippen molar-refractivity contribution in [2.45, 2.75) is 9.79 Å². The molecule has 0 saturated carbocycles. The van der Waals surface area contributed by atoms with Crippen molar-refractivity contribution in [2.24, 2.45) is 0 Å². The van der Waals surface area contributed by atoms with E-state index in [0.29, 0.717) is 22.7 Å². The molecule has 2 aliphatic heterocycles. The van der Waals surface area contributed by atoms with E-state index in [1.165, 1.54) is 58.0 Å². The Labute approximate surface area is 316 Å². The highest BCUT2D eigenvalue weighted by molar-refractivity contribution is 8.76. The van der Waals surface area contributed by atoms with Crippen LogP contribution in [-0.4, -0.2) is 35.4 Å². The van der Waals surface area contributed by atoms with E-state index in [1.54, 1.807) is 84.9 Å². The summed E-state index contributed by atoms with van der Waals surface area (Å²) in [7, 11) is 3.03. The van der Waals surface area contributed by atoms with E-state index in [4.69, 9.17) is 0 Å². The van der Waals surface area contributed by atoms with Crippen LogP contribution in [-0.2, 0) is 0 Å². The molecule has 262 valence electrons. The number of rotatable bonds is 9. The summed E-state index contributed by atoms with van der Waals surface area (Å²) >= 11 is 0. The van der Waals surface area contributed by atoms with Gasteiger partial charge in [-0.15, -0.1) is 0 Å². The van der Waals surface area contributed by atoms with Gasteiger partial charge in [0, 0.05) is 32.3 Å². The first kappa shape index (κ1) is 34.3. The molecule has 10 nitrogen and oxygen atoms in total. The van der Waals surface area contributed by atoms with E-state index in [2.05, 4.69) is 10.6 Å². The fourth-order valence-electron chi connectivity index (χ4n) is 6.08. The van der Waals surface area contributed by atoms with Gasteiger partial charge in [0.2, 0.25) is 0 Å². The highest BCUT2D eigenvalue weighted by atomic mass is 33.1. The van der Waals surface area contributed by atoms with Crippen LogP contribution in [0.1, 0.15) is 62.1 Å². The van der Waals surface area contributed by atoms with Crippen molar-refractivity contribution in [1.29, 1.82) is 0 Å². The molecule has 2 aliphatic rings. The number of nitrogens with one attached hydrogen (secondary N) is 2. The predicted molar refractivity (Wildman–Crippen MR) is 209 cm³/mol. The van der Waals surface area contributed by atoms with E-state index in [-0.39, 0.29) is 33.4 Å². The average molecular weight is 747 g/mol. The lowest BCUT2D eigenvalue weighted by atomic mass is 10.1. The normalized spacial score (nSPS) is 13.2. The van der Waals surface area contributed by atoms with Gasteiger partial charge in [-0.05, 0) is 109 Å². The topological polar surface area (TPSA) is 133 Å². The van der Waals surface area contributed by atoms with Gasteiger partial charge in [-0.1, -0.05) is 58.0 Å². The number of imide groups is 2. The van der Waals surface area contributed by atoms with E-state index in [0.717, 1.165) is 19.6 Å². The summed E-state index contributed by atoms with van der Waals surface area (Å²) in [5.41, 5.74) is 3.45. The quantitative estimate of drug-likeness (QED) is 0.111. The maximum absolute atomic E-state index is 13.1. The zero-order valence-corrected chi connectivity index (χ0v) is 29.6.